The number of unbranched alkanes of at least 4 members (excludes halogenated alkanes) is 21. The zero-order valence-corrected chi connectivity index (χ0v) is 50.4. The SMILES string of the molecule is CC/C=C\C/C=C\C/C=C\C/C=C\C/C=C\C/C=C\C/C=C\C/C=C\CCCCCCC(=O)OCC(COC(=O)CCCCCCCC)OC(=O)CCCCCCCCCCCCCC/C=C\C/C=C\C/C=C\C/C=C\CC. The van der Waals surface area contributed by atoms with Crippen molar-refractivity contribution in [1.29, 1.82) is 0 Å². The highest BCUT2D eigenvalue weighted by Crippen LogP contribution is 2.15. The molecular weight excluding hydrogens is 961 g/mol. The Morgan fingerprint density at radius 3 is 0.782 bits per heavy atom. The summed E-state index contributed by atoms with van der Waals surface area (Å²) in [6, 6.07) is 0. The number of hydrogen-bond donors (Lipinski definition) is 0. The average Bonchev–Trinajstić information content (AvgIpc) is 3.44. The van der Waals surface area contributed by atoms with Crippen molar-refractivity contribution in [2.45, 2.75) is 277 Å². The molecule has 440 valence electrons. The third kappa shape index (κ3) is 62.1. The molecule has 0 aliphatic heterocycles. The van der Waals surface area contributed by atoms with Crippen LogP contribution in [0.3, 0.4) is 0 Å². The van der Waals surface area contributed by atoms with Crippen molar-refractivity contribution in [1.82, 2.24) is 0 Å². The number of hydrogen-bond acceptors (Lipinski definition) is 6. The molecule has 78 heavy (non-hydrogen) atoms. The molecule has 0 radical (unpaired) electrons. The van der Waals surface area contributed by atoms with Crippen LogP contribution in [0.1, 0.15) is 271 Å². The van der Waals surface area contributed by atoms with Gasteiger partial charge in [-0.1, -0.05) is 276 Å². The molecule has 0 saturated carbocycles. The molecule has 0 N–H and O–H groups in total. The summed E-state index contributed by atoms with van der Waals surface area (Å²) in [4.78, 5) is 38.0. The highest BCUT2D eigenvalue weighted by Gasteiger charge is 2.19. The molecule has 0 bridgehead atoms. The normalized spacial score (nSPS) is 13.1. The van der Waals surface area contributed by atoms with Gasteiger partial charge in [-0.3, -0.25) is 14.4 Å². The molecule has 0 heterocycles. The minimum absolute atomic E-state index is 0.0908. The van der Waals surface area contributed by atoms with Gasteiger partial charge in [-0.25, -0.2) is 0 Å². The number of carbonyl (C=O) groups is 3. The molecule has 0 fully saturated rings. The predicted octanol–water partition coefficient (Wildman–Crippen LogP) is 21.9. The molecule has 0 aliphatic carbocycles. The van der Waals surface area contributed by atoms with Gasteiger partial charge in [-0.05, 0) is 122 Å². The largest absolute Gasteiger partial charge is 0.462 e. The van der Waals surface area contributed by atoms with Gasteiger partial charge in [0.2, 0.25) is 0 Å². The van der Waals surface area contributed by atoms with Gasteiger partial charge >= 0.3 is 17.9 Å². The van der Waals surface area contributed by atoms with Crippen LogP contribution in [0.4, 0.5) is 0 Å². The molecular formula is C72H116O6. The molecule has 0 amide bonds. The Hall–Kier alpha value is -4.71. The Morgan fingerprint density at radius 1 is 0.269 bits per heavy atom. The number of rotatable bonds is 56. The molecule has 1 atom stereocenters. The van der Waals surface area contributed by atoms with E-state index in [0.717, 1.165) is 148 Å². The fourth-order valence-corrected chi connectivity index (χ4v) is 8.39. The molecule has 0 saturated heterocycles. The summed E-state index contributed by atoms with van der Waals surface area (Å²) in [6.45, 7) is 6.33. The van der Waals surface area contributed by atoms with E-state index in [0.29, 0.717) is 19.3 Å². The van der Waals surface area contributed by atoms with E-state index in [1.54, 1.807) is 0 Å². The van der Waals surface area contributed by atoms with E-state index in [2.05, 4.69) is 167 Å². The van der Waals surface area contributed by atoms with Crippen molar-refractivity contribution in [2.75, 3.05) is 13.2 Å². The van der Waals surface area contributed by atoms with Crippen molar-refractivity contribution in [3.63, 3.8) is 0 Å². The van der Waals surface area contributed by atoms with E-state index in [9.17, 15) is 14.4 Å². The maximum absolute atomic E-state index is 12.9. The van der Waals surface area contributed by atoms with Gasteiger partial charge in [0.05, 0.1) is 0 Å². The summed E-state index contributed by atoms with van der Waals surface area (Å²) >= 11 is 0. The standard InChI is InChI=1S/C72H116O6/c1-4-7-10-13-16-18-20-22-24-26-28-30-32-34-35-36-37-39-40-42-44-46-48-50-52-54-56-59-62-65-71(74)77-68-69(67-76-70(73)64-61-58-15-12-9-6-3)78-72(75)66-63-60-57-55-53-51-49-47-45-43-41-38-33-31-29-27-25-23-21-19-17-14-11-8-5-2/h7-8,10-11,16-19,22-25,28-31,34-35,37,39,42,44,48,50,69H,4-6,9,12-15,20-21,26-27,32-33,36,38,40-41,43,45-47,49,51-68H2,1-3H3/b10-7-,11-8-,18-16-,19-17-,24-22-,25-23-,30-28-,31-29-,35-34-,39-37-,44-42-,50-48-. The third-order valence-electron chi connectivity index (χ3n) is 13.1. The molecule has 1 unspecified atom stereocenters. The molecule has 6 nitrogen and oxygen atoms in total. The van der Waals surface area contributed by atoms with Gasteiger partial charge in [-0.15, -0.1) is 0 Å². The number of esters is 3. The van der Waals surface area contributed by atoms with Crippen LogP contribution in [-0.4, -0.2) is 37.2 Å². The number of carbonyl (C=O) groups excluding carboxylic acids is 3. The van der Waals surface area contributed by atoms with E-state index in [1.165, 1.54) is 83.5 Å². The van der Waals surface area contributed by atoms with Crippen molar-refractivity contribution in [3.8, 4) is 0 Å². The molecule has 0 rings (SSSR count). The zero-order valence-electron chi connectivity index (χ0n) is 50.4. The smallest absolute Gasteiger partial charge is 0.306 e. The fourth-order valence-electron chi connectivity index (χ4n) is 8.39. The predicted molar refractivity (Wildman–Crippen MR) is 339 cm³/mol. The topological polar surface area (TPSA) is 78.9 Å². The highest BCUT2D eigenvalue weighted by molar-refractivity contribution is 5.71. The molecule has 0 spiro atoms. The Labute approximate surface area is 480 Å². The van der Waals surface area contributed by atoms with Crippen LogP contribution in [0.2, 0.25) is 0 Å². The summed E-state index contributed by atoms with van der Waals surface area (Å²) in [5.41, 5.74) is 0. The van der Waals surface area contributed by atoms with Crippen molar-refractivity contribution >= 4 is 17.9 Å². The fraction of sp³-hybridized carbons (Fsp3) is 0.625. The summed E-state index contributed by atoms with van der Waals surface area (Å²) in [5, 5.41) is 0. The summed E-state index contributed by atoms with van der Waals surface area (Å²) in [7, 11) is 0. The maximum Gasteiger partial charge on any atom is 0.306 e. The molecule has 0 aliphatic rings. The molecule has 0 aromatic carbocycles. The van der Waals surface area contributed by atoms with Gasteiger partial charge in [-0.2, -0.15) is 0 Å². The Bertz CT molecular complexity index is 1710. The number of ether oxygens (including phenoxy) is 3. The molecule has 0 aromatic rings. The van der Waals surface area contributed by atoms with Crippen molar-refractivity contribution < 1.29 is 28.6 Å². The summed E-state index contributed by atoms with van der Waals surface area (Å²) < 4.78 is 16.8. The van der Waals surface area contributed by atoms with E-state index >= 15 is 0 Å². The lowest BCUT2D eigenvalue weighted by atomic mass is 10.0. The average molecular weight is 1080 g/mol. The minimum Gasteiger partial charge on any atom is -0.462 e. The minimum atomic E-state index is -0.793. The van der Waals surface area contributed by atoms with Crippen LogP contribution in [-0.2, 0) is 28.6 Å². The van der Waals surface area contributed by atoms with Gasteiger partial charge in [0.25, 0.3) is 0 Å². The van der Waals surface area contributed by atoms with Crippen LogP contribution < -0.4 is 0 Å². The van der Waals surface area contributed by atoms with E-state index in [-0.39, 0.29) is 31.1 Å². The van der Waals surface area contributed by atoms with Crippen molar-refractivity contribution in [3.05, 3.63) is 146 Å². The second kappa shape index (κ2) is 64.8. The van der Waals surface area contributed by atoms with Gasteiger partial charge in [0, 0.05) is 19.3 Å². The number of allylic oxidation sites excluding steroid dienone is 24. The zero-order chi connectivity index (χ0) is 56.4. The van der Waals surface area contributed by atoms with Gasteiger partial charge in [0.1, 0.15) is 13.2 Å². The first-order valence-corrected chi connectivity index (χ1v) is 31.8. The molecule has 0 aromatic heterocycles. The summed E-state index contributed by atoms with van der Waals surface area (Å²) in [6.07, 6.45) is 93.1. The van der Waals surface area contributed by atoms with Crippen LogP contribution in [0.5, 0.6) is 0 Å². The molecule has 6 heteroatoms. The lowest BCUT2D eigenvalue weighted by Gasteiger charge is -2.18. The first-order valence-electron chi connectivity index (χ1n) is 31.8. The van der Waals surface area contributed by atoms with E-state index in [1.807, 2.05) is 0 Å². The monoisotopic (exact) mass is 1080 g/mol. The summed E-state index contributed by atoms with van der Waals surface area (Å²) in [5.74, 6) is -0.930. The van der Waals surface area contributed by atoms with Gasteiger partial charge < -0.3 is 14.2 Å². The first kappa shape index (κ1) is 73.3. The third-order valence-corrected chi connectivity index (χ3v) is 13.1. The lowest BCUT2D eigenvalue weighted by Crippen LogP contribution is -2.30. The van der Waals surface area contributed by atoms with Crippen molar-refractivity contribution in [2.24, 2.45) is 0 Å². The van der Waals surface area contributed by atoms with Crippen LogP contribution in [0.25, 0.3) is 0 Å². The van der Waals surface area contributed by atoms with E-state index < -0.39 is 6.10 Å². The van der Waals surface area contributed by atoms with Crippen LogP contribution in [0.15, 0.2) is 146 Å². The Balaban J connectivity index is 4.19. The maximum atomic E-state index is 12.9. The quantitative estimate of drug-likeness (QED) is 0.0261. The second-order valence-corrected chi connectivity index (χ2v) is 20.6. The van der Waals surface area contributed by atoms with Crippen LogP contribution in [0, 0.1) is 0 Å². The first-order chi connectivity index (χ1) is 38.5. The second-order valence-electron chi connectivity index (χ2n) is 20.6. The Morgan fingerprint density at radius 2 is 0.500 bits per heavy atom. The lowest BCUT2D eigenvalue weighted by molar-refractivity contribution is -0.167. The Kier molecular flexibility index (Phi) is 60.9. The van der Waals surface area contributed by atoms with Crippen LogP contribution >= 0.6 is 0 Å². The van der Waals surface area contributed by atoms with Gasteiger partial charge in [0.15, 0.2) is 6.10 Å². The van der Waals surface area contributed by atoms with E-state index in [4.69, 9.17) is 14.2 Å². The highest BCUT2D eigenvalue weighted by atomic mass is 16.6.